The molecule has 19 heavy (non-hydrogen) atoms. The summed E-state index contributed by atoms with van der Waals surface area (Å²) in [6, 6.07) is 8.30. The summed E-state index contributed by atoms with van der Waals surface area (Å²) >= 11 is 0. The summed E-state index contributed by atoms with van der Waals surface area (Å²) in [4.78, 5) is 4.47. The van der Waals surface area contributed by atoms with Gasteiger partial charge in [-0.1, -0.05) is 70.5 Å². The van der Waals surface area contributed by atoms with Crippen molar-refractivity contribution in [3.05, 3.63) is 47.5 Å². The van der Waals surface area contributed by atoms with E-state index in [2.05, 4.69) is 44.5 Å². The van der Waals surface area contributed by atoms with Gasteiger partial charge in [-0.25, -0.2) is 0 Å². The summed E-state index contributed by atoms with van der Waals surface area (Å²) in [5.74, 6) is 0. The van der Waals surface area contributed by atoms with Crippen molar-refractivity contribution in [2.75, 3.05) is 6.54 Å². The highest BCUT2D eigenvalue weighted by molar-refractivity contribution is 5.99. The topological polar surface area (TPSA) is 12.4 Å². The van der Waals surface area contributed by atoms with Crippen LogP contribution in [0.15, 0.2) is 41.4 Å². The zero-order valence-electron chi connectivity index (χ0n) is 13.9. The molecule has 1 aromatic carbocycles. The lowest BCUT2D eigenvalue weighted by molar-refractivity contribution is 1.09. The van der Waals surface area contributed by atoms with E-state index in [0.717, 1.165) is 17.8 Å². The van der Waals surface area contributed by atoms with Gasteiger partial charge in [-0.15, -0.1) is 0 Å². The number of hydrogen-bond acceptors (Lipinski definition) is 1. The monoisotopic (exact) mass is 261 g/mol. The summed E-state index contributed by atoms with van der Waals surface area (Å²) in [5, 5.41) is 0. The summed E-state index contributed by atoms with van der Waals surface area (Å²) in [7, 11) is 0. The van der Waals surface area contributed by atoms with Gasteiger partial charge in [0.1, 0.15) is 0 Å². The summed E-state index contributed by atoms with van der Waals surface area (Å²) in [6.45, 7) is 19.0. The Morgan fingerprint density at radius 3 is 2.00 bits per heavy atom. The molecule has 108 valence electrons. The highest BCUT2D eigenvalue weighted by atomic mass is 14.7. The second kappa shape index (κ2) is 13.1. The minimum absolute atomic E-state index is 0.722. The fraction of sp³-hybridized carbons (Fsp3) is 0.500. The average molecular weight is 261 g/mol. The maximum Gasteiger partial charge on any atom is 0.0597 e. The Hall–Kier alpha value is -1.37. The smallest absolute Gasteiger partial charge is 0.0597 e. The molecule has 1 rings (SSSR count). The van der Waals surface area contributed by atoms with Crippen molar-refractivity contribution < 1.29 is 0 Å². The maximum atomic E-state index is 4.47. The van der Waals surface area contributed by atoms with E-state index in [1.807, 2.05) is 39.8 Å². The third kappa shape index (κ3) is 10.3. The lowest BCUT2D eigenvalue weighted by Crippen LogP contribution is -1.99. The zero-order chi connectivity index (χ0) is 15.3. The van der Waals surface area contributed by atoms with Gasteiger partial charge in [0.2, 0.25) is 0 Å². The fourth-order valence-electron chi connectivity index (χ4n) is 1.32. The van der Waals surface area contributed by atoms with Gasteiger partial charge >= 0.3 is 0 Å². The maximum absolute atomic E-state index is 4.47. The van der Waals surface area contributed by atoms with E-state index in [9.17, 15) is 0 Å². The predicted molar refractivity (Wildman–Crippen MR) is 90.4 cm³/mol. The van der Waals surface area contributed by atoms with E-state index in [1.165, 1.54) is 17.5 Å². The summed E-state index contributed by atoms with van der Waals surface area (Å²) < 4.78 is 0. The van der Waals surface area contributed by atoms with Crippen molar-refractivity contribution in [3.63, 3.8) is 0 Å². The number of nitrogens with zero attached hydrogens (tertiary/aromatic N) is 1. The molecule has 0 heterocycles. The highest BCUT2D eigenvalue weighted by Gasteiger charge is 1.99. The van der Waals surface area contributed by atoms with Crippen LogP contribution >= 0.6 is 0 Å². The third-order valence-corrected chi connectivity index (χ3v) is 2.12. The Morgan fingerprint density at radius 2 is 1.58 bits per heavy atom. The third-order valence-electron chi connectivity index (χ3n) is 2.12. The van der Waals surface area contributed by atoms with Crippen molar-refractivity contribution >= 4 is 5.71 Å². The lowest BCUT2D eigenvalue weighted by Gasteiger charge is -2.04. The van der Waals surface area contributed by atoms with E-state index >= 15 is 0 Å². The standard InChI is InChI=1S/C13H17N.C3H8.C2H6/c1-10(2)9-14-12(4)13-8-6-5-7-11(13)3;1-3-2;1-2/h5-8H,1,9H2,2-4H3;3H2,1-2H3;1-2H3. The summed E-state index contributed by atoms with van der Waals surface area (Å²) in [6.07, 6.45) is 1.25. The Labute approximate surface area is 120 Å². The minimum atomic E-state index is 0.722. The number of hydrogen-bond donors (Lipinski definition) is 0. The Balaban J connectivity index is 0. The Kier molecular flexibility index (Phi) is 13.7. The van der Waals surface area contributed by atoms with E-state index in [4.69, 9.17) is 0 Å². The second-order valence-corrected chi connectivity index (χ2v) is 4.38. The normalized spacial score (nSPS) is 9.74. The fourth-order valence-corrected chi connectivity index (χ4v) is 1.32. The largest absolute Gasteiger partial charge is 0.285 e. The molecule has 0 aliphatic rings. The van der Waals surface area contributed by atoms with E-state index in [1.54, 1.807) is 0 Å². The van der Waals surface area contributed by atoms with Crippen LogP contribution in [0.1, 0.15) is 59.1 Å². The van der Waals surface area contributed by atoms with Crippen LogP contribution in [0.2, 0.25) is 0 Å². The van der Waals surface area contributed by atoms with Crippen molar-refractivity contribution in [1.29, 1.82) is 0 Å². The first-order chi connectivity index (χ1) is 9.02. The quantitative estimate of drug-likeness (QED) is 0.480. The zero-order valence-corrected chi connectivity index (χ0v) is 13.9. The van der Waals surface area contributed by atoms with Crippen molar-refractivity contribution in [1.82, 2.24) is 0 Å². The number of aliphatic imine (C=N–C) groups is 1. The van der Waals surface area contributed by atoms with Crippen LogP contribution in [-0.2, 0) is 0 Å². The second-order valence-electron chi connectivity index (χ2n) is 4.38. The van der Waals surface area contributed by atoms with Crippen LogP contribution < -0.4 is 0 Å². The molecule has 1 nitrogen and oxygen atoms in total. The number of rotatable bonds is 3. The molecule has 0 aromatic heterocycles. The molecule has 0 saturated heterocycles. The van der Waals surface area contributed by atoms with Gasteiger partial charge in [0.15, 0.2) is 0 Å². The molecule has 0 aliphatic heterocycles. The van der Waals surface area contributed by atoms with Gasteiger partial charge in [0.25, 0.3) is 0 Å². The molecule has 0 aliphatic carbocycles. The molecule has 0 radical (unpaired) electrons. The molecule has 0 bridgehead atoms. The van der Waals surface area contributed by atoms with Crippen molar-refractivity contribution in [3.8, 4) is 0 Å². The molecular formula is C18H31N. The van der Waals surface area contributed by atoms with Crippen LogP contribution in [0.25, 0.3) is 0 Å². The van der Waals surface area contributed by atoms with Crippen LogP contribution in [-0.4, -0.2) is 12.3 Å². The van der Waals surface area contributed by atoms with Gasteiger partial charge in [0.05, 0.1) is 6.54 Å². The lowest BCUT2D eigenvalue weighted by atomic mass is 10.1. The predicted octanol–water partition coefficient (Wildman–Crippen LogP) is 5.82. The number of aryl methyl sites for hydroxylation is 1. The molecular weight excluding hydrogens is 230 g/mol. The SMILES string of the molecule is C=C(C)CN=C(C)c1ccccc1C.CC.CCC. The molecule has 0 fully saturated rings. The van der Waals surface area contributed by atoms with Gasteiger partial charge in [-0.2, -0.15) is 0 Å². The first-order valence-electron chi connectivity index (χ1n) is 7.24. The van der Waals surface area contributed by atoms with Crippen LogP contribution in [0, 0.1) is 6.92 Å². The Morgan fingerprint density at radius 1 is 1.11 bits per heavy atom. The first kappa shape index (κ1) is 20.0. The van der Waals surface area contributed by atoms with E-state index in [0.29, 0.717) is 0 Å². The minimum Gasteiger partial charge on any atom is -0.285 e. The van der Waals surface area contributed by atoms with E-state index < -0.39 is 0 Å². The molecule has 0 unspecified atom stereocenters. The number of benzene rings is 1. The Bertz CT molecular complexity index is 375. The molecule has 0 N–H and O–H groups in total. The van der Waals surface area contributed by atoms with Crippen LogP contribution in [0.5, 0.6) is 0 Å². The summed E-state index contributed by atoms with van der Waals surface area (Å²) in [5.41, 5.74) is 4.69. The molecule has 1 heteroatoms. The van der Waals surface area contributed by atoms with E-state index in [-0.39, 0.29) is 0 Å². The van der Waals surface area contributed by atoms with Gasteiger partial charge in [0, 0.05) is 5.71 Å². The molecule has 1 aromatic rings. The molecule has 0 atom stereocenters. The van der Waals surface area contributed by atoms with Gasteiger partial charge in [-0.3, -0.25) is 4.99 Å². The van der Waals surface area contributed by atoms with Gasteiger partial charge < -0.3 is 0 Å². The molecule has 0 amide bonds. The van der Waals surface area contributed by atoms with Crippen LogP contribution in [0.3, 0.4) is 0 Å². The van der Waals surface area contributed by atoms with Crippen LogP contribution in [0.4, 0.5) is 0 Å². The van der Waals surface area contributed by atoms with Gasteiger partial charge in [-0.05, 0) is 31.9 Å². The van der Waals surface area contributed by atoms with Crippen molar-refractivity contribution in [2.45, 2.75) is 54.9 Å². The van der Waals surface area contributed by atoms with Crippen molar-refractivity contribution in [2.24, 2.45) is 4.99 Å². The molecule has 0 spiro atoms. The highest BCUT2D eigenvalue weighted by Crippen LogP contribution is 2.08. The first-order valence-corrected chi connectivity index (χ1v) is 7.24. The molecule has 0 saturated carbocycles. The average Bonchev–Trinajstić information content (AvgIpc) is 2.40.